The van der Waals surface area contributed by atoms with Gasteiger partial charge in [-0.1, -0.05) is 6.58 Å². The predicted octanol–water partition coefficient (Wildman–Crippen LogP) is 1.29. The van der Waals surface area contributed by atoms with Gasteiger partial charge in [0.15, 0.2) is 0 Å². The van der Waals surface area contributed by atoms with Gasteiger partial charge < -0.3 is 14.9 Å². The van der Waals surface area contributed by atoms with Crippen molar-refractivity contribution in [2.24, 2.45) is 5.92 Å². The summed E-state index contributed by atoms with van der Waals surface area (Å²) in [4.78, 5) is 20.1. The quantitative estimate of drug-likeness (QED) is 0.549. The van der Waals surface area contributed by atoms with Crippen LogP contribution in [-0.4, -0.2) is 34.4 Å². The van der Waals surface area contributed by atoms with E-state index in [1.807, 2.05) is 0 Å². The zero-order valence-electron chi connectivity index (χ0n) is 9.18. The molecular formula is C11H16O5. The summed E-state index contributed by atoms with van der Waals surface area (Å²) in [6.45, 7) is 4.60. The molecule has 5 nitrogen and oxygen atoms in total. The second kappa shape index (κ2) is 5.12. The maximum atomic E-state index is 10.5. The molecule has 0 spiro atoms. The van der Waals surface area contributed by atoms with Crippen LogP contribution in [0.2, 0.25) is 0 Å². The van der Waals surface area contributed by atoms with Crippen LogP contribution in [0.4, 0.5) is 0 Å². The van der Waals surface area contributed by atoms with Gasteiger partial charge in [-0.3, -0.25) is 4.79 Å². The molecule has 2 aliphatic rings. The Kier molecular flexibility index (Phi) is 4.06. The Morgan fingerprint density at radius 3 is 2.25 bits per heavy atom. The molecule has 0 radical (unpaired) electrons. The molecule has 1 heterocycles. The van der Waals surface area contributed by atoms with Gasteiger partial charge in [0, 0.05) is 5.57 Å². The van der Waals surface area contributed by atoms with Crippen LogP contribution in [0.15, 0.2) is 12.2 Å². The van der Waals surface area contributed by atoms with Gasteiger partial charge in [-0.15, -0.1) is 0 Å². The molecule has 5 heteroatoms. The number of carboxylic acids is 2. The van der Waals surface area contributed by atoms with Crippen molar-refractivity contribution in [1.82, 2.24) is 0 Å². The van der Waals surface area contributed by atoms with Crippen LogP contribution >= 0.6 is 0 Å². The fraction of sp³-hybridized carbons (Fsp3) is 0.636. The smallest absolute Gasteiger partial charge is 0.330 e. The van der Waals surface area contributed by atoms with Crippen LogP contribution < -0.4 is 0 Å². The highest BCUT2D eigenvalue weighted by atomic mass is 16.6. The van der Waals surface area contributed by atoms with Gasteiger partial charge >= 0.3 is 11.9 Å². The first kappa shape index (κ1) is 12.7. The first-order valence-electron chi connectivity index (χ1n) is 5.20. The molecule has 3 unspecified atom stereocenters. The molecule has 1 saturated heterocycles. The summed E-state index contributed by atoms with van der Waals surface area (Å²) in [6, 6.07) is 0. The van der Waals surface area contributed by atoms with E-state index >= 15 is 0 Å². The molecule has 16 heavy (non-hydrogen) atoms. The molecular weight excluding hydrogens is 212 g/mol. The molecule has 0 aromatic heterocycles. The molecule has 2 fully saturated rings. The van der Waals surface area contributed by atoms with Gasteiger partial charge in [-0.2, -0.15) is 0 Å². The number of epoxide rings is 1. The monoisotopic (exact) mass is 228 g/mol. The van der Waals surface area contributed by atoms with Crippen molar-refractivity contribution >= 4 is 11.9 Å². The van der Waals surface area contributed by atoms with Crippen molar-refractivity contribution in [2.75, 3.05) is 0 Å². The molecule has 0 aromatic carbocycles. The van der Waals surface area contributed by atoms with E-state index in [9.17, 15) is 9.59 Å². The van der Waals surface area contributed by atoms with Gasteiger partial charge in [-0.25, -0.2) is 4.79 Å². The third kappa shape index (κ3) is 3.34. The second-order valence-corrected chi connectivity index (χ2v) is 4.10. The summed E-state index contributed by atoms with van der Waals surface area (Å²) in [5.41, 5.74) is 0.176. The molecule has 2 N–H and O–H groups in total. The van der Waals surface area contributed by atoms with Crippen molar-refractivity contribution < 1.29 is 24.5 Å². The third-order valence-electron chi connectivity index (χ3n) is 2.70. The van der Waals surface area contributed by atoms with E-state index < -0.39 is 11.9 Å². The molecule has 0 bridgehead atoms. The zero-order chi connectivity index (χ0) is 12.3. The van der Waals surface area contributed by atoms with E-state index in [1.165, 1.54) is 6.92 Å². The second-order valence-electron chi connectivity index (χ2n) is 4.10. The molecule has 90 valence electrons. The van der Waals surface area contributed by atoms with E-state index in [0.29, 0.717) is 0 Å². The SMILES string of the molecule is C=C(C)C(=O)O.O=C(O)C1CCCC2OC21. The lowest BCUT2D eigenvalue weighted by atomic mass is 9.89. The number of fused-ring (bicyclic) bond motifs is 1. The number of hydrogen-bond donors (Lipinski definition) is 2. The average molecular weight is 228 g/mol. The average Bonchev–Trinajstić information content (AvgIpc) is 2.95. The van der Waals surface area contributed by atoms with E-state index in [4.69, 9.17) is 14.9 Å². The van der Waals surface area contributed by atoms with Gasteiger partial charge in [0.2, 0.25) is 0 Å². The van der Waals surface area contributed by atoms with E-state index in [2.05, 4.69) is 6.58 Å². The van der Waals surface area contributed by atoms with Crippen LogP contribution in [-0.2, 0) is 14.3 Å². The van der Waals surface area contributed by atoms with Gasteiger partial charge in [0.1, 0.15) is 0 Å². The molecule has 1 saturated carbocycles. The Hall–Kier alpha value is -1.36. The maximum Gasteiger partial charge on any atom is 0.330 e. The Morgan fingerprint density at radius 2 is 1.88 bits per heavy atom. The number of ether oxygens (including phenoxy) is 1. The predicted molar refractivity (Wildman–Crippen MR) is 56.1 cm³/mol. The van der Waals surface area contributed by atoms with Crippen molar-refractivity contribution in [3.05, 3.63) is 12.2 Å². The Morgan fingerprint density at radius 1 is 1.31 bits per heavy atom. The molecule has 0 aromatic rings. The first-order chi connectivity index (χ1) is 7.43. The van der Waals surface area contributed by atoms with Gasteiger partial charge in [0.05, 0.1) is 18.1 Å². The highest BCUT2D eigenvalue weighted by Gasteiger charge is 2.50. The summed E-state index contributed by atoms with van der Waals surface area (Å²) in [5, 5.41) is 16.5. The van der Waals surface area contributed by atoms with Crippen LogP contribution in [0.3, 0.4) is 0 Å². The van der Waals surface area contributed by atoms with Crippen LogP contribution in [0.1, 0.15) is 26.2 Å². The number of hydrogen-bond acceptors (Lipinski definition) is 3. The highest BCUT2D eigenvalue weighted by Crippen LogP contribution is 2.40. The number of carbonyl (C=O) groups is 2. The number of carboxylic acid groups (broad SMARTS) is 2. The number of aliphatic carboxylic acids is 2. The molecule has 0 amide bonds. The lowest BCUT2D eigenvalue weighted by Gasteiger charge is -2.12. The van der Waals surface area contributed by atoms with Crippen LogP contribution in [0.25, 0.3) is 0 Å². The van der Waals surface area contributed by atoms with Crippen molar-refractivity contribution in [3.63, 3.8) is 0 Å². The lowest BCUT2D eigenvalue weighted by molar-refractivity contribution is -0.142. The van der Waals surface area contributed by atoms with Crippen LogP contribution in [0.5, 0.6) is 0 Å². The minimum absolute atomic E-state index is 0.0613. The van der Waals surface area contributed by atoms with Crippen molar-refractivity contribution in [3.8, 4) is 0 Å². The normalized spacial score (nSPS) is 30.4. The van der Waals surface area contributed by atoms with Crippen LogP contribution in [0, 0.1) is 5.92 Å². The largest absolute Gasteiger partial charge is 0.481 e. The Labute approximate surface area is 93.7 Å². The molecule has 3 atom stereocenters. The standard InChI is InChI=1S/C7H10O3.C4H6O2/c8-7(9)4-2-1-3-5-6(4)10-5;1-3(2)4(5)6/h4-6H,1-3H2,(H,8,9);1H2,2H3,(H,5,6). The Balaban J connectivity index is 0.000000187. The van der Waals surface area contributed by atoms with Crippen molar-refractivity contribution in [2.45, 2.75) is 38.4 Å². The minimum atomic E-state index is -0.935. The summed E-state index contributed by atoms with van der Waals surface area (Å²) < 4.78 is 5.17. The molecule has 1 aliphatic heterocycles. The maximum absolute atomic E-state index is 10.5. The topological polar surface area (TPSA) is 87.1 Å². The van der Waals surface area contributed by atoms with E-state index in [0.717, 1.165) is 19.3 Å². The van der Waals surface area contributed by atoms with E-state index in [-0.39, 0.29) is 23.7 Å². The number of rotatable bonds is 2. The van der Waals surface area contributed by atoms with E-state index in [1.54, 1.807) is 0 Å². The molecule has 1 aliphatic carbocycles. The Bertz CT molecular complexity index is 297. The fourth-order valence-electron chi connectivity index (χ4n) is 1.71. The zero-order valence-corrected chi connectivity index (χ0v) is 9.18. The third-order valence-corrected chi connectivity index (χ3v) is 2.70. The van der Waals surface area contributed by atoms with Gasteiger partial charge in [-0.05, 0) is 26.2 Å². The van der Waals surface area contributed by atoms with Gasteiger partial charge in [0.25, 0.3) is 0 Å². The summed E-state index contributed by atoms with van der Waals surface area (Å²) >= 11 is 0. The van der Waals surface area contributed by atoms with Crippen molar-refractivity contribution in [1.29, 1.82) is 0 Å². The summed E-state index contributed by atoms with van der Waals surface area (Å²) in [7, 11) is 0. The summed E-state index contributed by atoms with van der Waals surface area (Å²) in [6.07, 6.45) is 3.23. The minimum Gasteiger partial charge on any atom is -0.481 e. The fourth-order valence-corrected chi connectivity index (χ4v) is 1.71. The highest BCUT2D eigenvalue weighted by molar-refractivity contribution is 5.84. The first-order valence-corrected chi connectivity index (χ1v) is 5.20. The molecule has 2 rings (SSSR count). The summed E-state index contributed by atoms with van der Waals surface area (Å²) in [5.74, 6) is -1.83. The lowest BCUT2D eigenvalue weighted by Crippen LogP contribution is -2.24.